The number of aromatic nitrogens is 3. The van der Waals surface area contributed by atoms with Gasteiger partial charge in [-0.2, -0.15) is 0 Å². The van der Waals surface area contributed by atoms with E-state index in [0.717, 1.165) is 60.8 Å². The largest absolute Gasteiger partial charge is 0.366 e. The van der Waals surface area contributed by atoms with Gasteiger partial charge in [0.05, 0.1) is 16.7 Å². The molecular formula is C27H30N6. The van der Waals surface area contributed by atoms with Crippen LogP contribution in [-0.2, 0) is 6.54 Å². The monoisotopic (exact) mass is 438 g/mol. The van der Waals surface area contributed by atoms with Gasteiger partial charge in [-0.15, -0.1) is 0 Å². The van der Waals surface area contributed by atoms with Crippen molar-refractivity contribution < 1.29 is 0 Å². The molecule has 0 aliphatic carbocycles. The molecule has 1 fully saturated rings. The Morgan fingerprint density at radius 2 is 1.79 bits per heavy atom. The number of likely N-dealkylation sites (N-methyl/N-ethyl adjacent to an activating group) is 1. The number of benzene rings is 1. The minimum Gasteiger partial charge on any atom is -0.366 e. The Bertz CT molecular complexity index is 1270. The minimum absolute atomic E-state index is 0.184. The van der Waals surface area contributed by atoms with E-state index < -0.39 is 0 Å². The lowest BCUT2D eigenvalue weighted by Crippen LogP contribution is -2.43. The molecule has 4 aromatic rings. The number of hydrogen-bond acceptors (Lipinski definition) is 5. The summed E-state index contributed by atoms with van der Waals surface area (Å²) in [7, 11) is 2.20. The highest BCUT2D eigenvalue weighted by molar-refractivity contribution is 5.75. The van der Waals surface area contributed by atoms with Crippen molar-refractivity contribution in [1.82, 2.24) is 24.8 Å². The smallest absolute Gasteiger partial charge is 0.130 e. The Morgan fingerprint density at radius 1 is 0.970 bits per heavy atom. The van der Waals surface area contributed by atoms with Gasteiger partial charge in [0.25, 0.3) is 0 Å². The van der Waals surface area contributed by atoms with Crippen LogP contribution in [0.25, 0.3) is 22.2 Å². The van der Waals surface area contributed by atoms with Gasteiger partial charge >= 0.3 is 0 Å². The molecule has 5 heterocycles. The van der Waals surface area contributed by atoms with E-state index in [9.17, 15) is 0 Å². The van der Waals surface area contributed by atoms with Crippen LogP contribution in [0.1, 0.15) is 29.7 Å². The summed E-state index contributed by atoms with van der Waals surface area (Å²) in [6.45, 7) is 7.82. The van der Waals surface area contributed by atoms with E-state index in [2.05, 4.69) is 76.5 Å². The molecule has 1 saturated heterocycles. The fraction of sp³-hybridized carbons (Fsp3) is 0.333. The summed E-state index contributed by atoms with van der Waals surface area (Å²) in [4.78, 5) is 17.9. The molecule has 0 amide bonds. The standard InChI is InChI=1S/C27H30N6/c1-18-26(25-8-7-23-24(31-25)9-10-28-23)22-15-21(16-29-27(22)30-18)20-5-3-19(4-6-20)17-33-13-11-32(2)12-14-33/h3-10,15-16,18,26,28H,11-14,17H2,1-2H3,(H,29,30). The van der Waals surface area contributed by atoms with Crippen LogP contribution >= 0.6 is 0 Å². The van der Waals surface area contributed by atoms with Gasteiger partial charge in [-0.3, -0.25) is 9.88 Å². The van der Waals surface area contributed by atoms with E-state index in [1.54, 1.807) is 0 Å². The lowest BCUT2D eigenvalue weighted by molar-refractivity contribution is 0.148. The average molecular weight is 439 g/mol. The maximum atomic E-state index is 4.93. The third kappa shape index (κ3) is 3.90. The normalized spacial score (nSPS) is 21.3. The first-order chi connectivity index (χ1) is 16.1. The summed E-state index contributed by atoms with van der Waals surface area (Å²) in [5.74, 6) is 1.15. The van der Waals surface area contributed by atoms with Crippen LogP contribution in [0.4, 0.5) is 5.82 Å². The Hall–Kier alpha value is -3.22. The summed E-state index contributed by atoms with van der Waals surface area (Å²) >= 11 is 0. The molecule has 0 radical (unpaired) electrons. The van der Waals surface area contributed by atoms with E-state index in [4.69, 9.17) is 9.97 Å². The quantitative estimate of drug-likeness (QED) is 0.497. The fourth-order valence-corrected chi connectivity index (χ4v) is 5.17. The third-order valence-electron chi connectivity index (χ3n) is 7.15. The third-order valence-corrected chi connectivity index (χ3v) is 7.15. The number of H-pyrrole nitrogens is 1. The first-order valence-electron chi connectivity index (χ1n) is 11.8. The van der Waals surface area contributed by atoms with Crippen molar-refractivity contribution in [3.8, 4) is 11.1 Å². The predicted octanol–water partition coefficient (Wildman–Crippen LogP) is 4.32. The van der Waals surface area contributed by atoms with Crippen molar-refractivity contribution in [2.24, 2.45) is 0 Å². The summed E-state index contributed by atoms with van der Waals surface area (Å²) in [6, 6.07) is 17.8. The van der Waals surface area contributed by atoms with Crippen molar-refractivity contribution in [1.29, 1.82) is 0 Å². The van der Waals surface area contributed by atoms with Crippen LogP contribution in [0.5, 0.6) is 0 Å². The van der Waals surface area contributed by atoms with Crippen molar-refractivity contribution in [2.75, 3.05) is 38.5 Å². The number of nitrogens with one attached hydrogen (secondary N) is 2. The van der Waals surface area contributed by atoms with Gasteiger partial charge in [-0.25, -0.2) is 4.98 Å². The Morgan fingerprint density at radius 3 is 2.61 bits per heavy atom. The molecule has 33 heavy (non-hydrogen) atoms. The molecular weight excluding hydrogens is 408 g/mol. The first-order valence-corrected chi connectivity index (χ1v) is 11.8. The second-order valence-corrected chi connectivity index (χ2v) is 9.50. The molecule has 2 unspecified atom stereocenters. The number of aromatic amines is 1. The van der Waals surface area contributed by atoms with Crippen molar-refractivity contribution >= 4 is 16.9 Å². The SMILES string of the molecule is CC1Nc2ncc(-c3ccc(CN4CCN(C)CC4)cc3)cc2C1c1ccc2[nH]ccc2n1. The molecule has 3 aromatic heterocycles. The fourth-order valence-electron chi connectivity index (χ4n) is 5.17. The van der Waals surface area contributed by atoms with Gasteiger partial charge in [-0.1, -0.05) is 24.3 Å². The molecule has 6 heteroatoms. The lowest BCUT2D eigenvalue weighted by Gasteiger charge is -2.32. The van der Waals surface area contributed by atoms with Gasteiger partial charge < -0.3 is 15.2 Å². The Balaban J connectivity index is 1.25. The van der Waals surface area contributed by atoms with Gasteiger partial charge in [0.1, 0.15) is 5.82 Å². The molecule has 0 bridgehead atoms. The minimum atomic E-state index is 0.184. The van der Waals surface area contributed by atoms with Crippen molar-refractivity contribution in [2.45, 2.75) is 25.4 Å². The topological polar surface area (TPSA) is 60.1 Å². The predicted molar refractivity (Wildman–Crippen MR) is 133 cm³/mol. The lowest BCUT2D eigenvalue weighted by atomic mass is 9.91. The van der Waals surface area contributed by atoms with E-state index in [1.807, 2.05) is 18.5 Å². The number of hydrogen-bond donors (Lipinski definition) is 2. The second-order valence-electron chi connectivity index (χ2n) is 9.50. The van der Waals surface area contributed by atoms with Crippen LogP contribution in [0.15, 0.2) is 60.9 Å². The molecule has 0 saturated carbocycles. The molecule has 1 aromatic carbocycles. The molecule has 6 rings (SSSR count). The van der Waals surface area contributed by atoms with Crippen LogP contribution in [0.3, 0.4) is 0 Å². The Kier molecular flexibility index (Phi) is 5.12. The second kappa shape index (κ2) is 8.28. The Labute approximate surface area is 194 Å². The highest BCUT2D eigenvalue weighted by atomic mass is 15.2. The van der Waals surface area contributed by atoms with Crippen molar-refractivity contribution in [3.63, 3.8) is 0 Å². The highest BCUT2D eigenvalue weighted by Gasteiger charge is 2.33. The number of nitrogens with zero attached hydrogens (tertiary/aromatic N) is 4. The van der Waals surface area contributed by atoms with Crippen LogP contribution < -0.4 is 5.32 Å². The van der Waals surface area contributed by atoms with Crippen LogP contribution in [0.2, 0.25) is 0 Å². The summed E-state index contributed by atoms with van der Waals surface area (Å²) in [5, 5.41) is 3.56. The summed E-state index contributed by atoms with van der Waals surface area (Å²) < 4.78 is 0. The molecule has 6 nitrogen and oxygen atoms in total. The number of fused-ring (bicyclic) bond motifs is 2. The molecule has 2 N–H and O–H groups in total. The molecule has 0 spiro atoms. The average Bonchev–Trinajstić information content (AvgIpc) is 3.43. The van der Waals surface area contributed by atoms with E-state index in [1.165, 1.54) is 16.7 Å². The van der Waals surface area contributed by atoms with Gasteiger partial charge in [0.2, 0.25) is 0 Å². The maximum absolute atomic E-state index is 4.93. The number of pyridine rings is 2. The maximum Gasteiger partial charge on any atom is 0.130 e. The molecule has 2 atom stereocenters. The number of anilines is 1. The van der Waals surface area contributed by atoms with Crippen LogP contribution in [0, 0.1) is 0 Å². The molecule has 2 aliphatic heterocycles. The molecule has 168 valence electrons. The zero-order valence-electron chi connectivity index (χ0n) is 19.3. The zero-order chi connectivity index (χ0) is 22.4. The van der Waals surface area contributed by atoms with Gasteiger partial charge in [-0.05, 0) is 49.4 Å². The van der Waals surface area contributed by atoms with E-state index in [-0.39, 0.29) is 12.0 Å². The van der Waals surface area contributed by atoms with E-state index in [0.29, 0.717) is 0 Å². The van der Waals surface area contributed by atoms with Crippen molar-refractivity contribution in [3.05, 3.63) is 77.7 Å². The van der Waals surface area contributed by atoms with Gasteiger partial charge in [0, 0.05) is 68.2 Å². The van der Waals surface area contributed by atoms with E-state index >= 15 is 0 Å². The van der Waals surface area contributed by atoms with Crippen LogP contribution in [-0.4, -0.2) is 64.0 Å². The zero-order valence-corrected chi connectivity index (χ0v) is 19.3. The molecule has 2 aliphatic rings. The number of rotatable bonds is 4. The number of piperazine rings is 1. The summed E-state index contributed by atoms with van der Waals surface area (Å²) in [6.07, 6.45) is 3.93. The highest BCUT2D eigenvalue weighted by Crippen LogP contribution is 2.40. The first kappa shape index (κ1) is 20.4. The summed E-state index contributed by atoms with van der Waals surface area (Å²) in [5.41, 5.74) is 8.12. The van der Waals surface area contributed by atoms with Gasteiger partial charge in [0.15, 0.2) is 0 Å².